The second-order valence-electron chi connectivity index (χ2n) is 0.923. The van der Waals surface area contributed by atoms with E-state index in [2.05, 4.69) is 11.9 Å². The molecule has 0 aromatic heterocycles. The zero-order chi connectivity index (χ0) is 4.99. The topological polar surface area (TPSA) is 15.3 Å². The van der Waals surface area contributed by atoms with Gasteiger partial charge in [0, 0.05) is 13.2 Å². The first-order chi connectivity index (χ1) is 2.81. The molecular weight excluding hydrogens is 74.9 g/mol. The van der Waals surface area contributed by atoms with Crippen molar-refractivity contribution in [1.82, 2.24) is 10.3 Å². The highest BCUT2D eigenvalue weighted by Crippen LogP contribution is 1.64. The lowest BCUT2D eigenvalue weighted by atomic mass is 10.5. The lowest BCUT2D eigenvalue weighted by molar-refractivity contribution is 0.427. The van der Waals surface area contributed by atoms with E-state index in [-0.39, 0.29) is 0 Å². The van der Waals surface area contributed by atoms with Crippen LogP contribution in [0, 0.1) is 0 Å². The molecule has 0 bridgehead atoms. The average Bonchev–Trinajstić information content (AvgIpc) is 1.65. The van der Waals surface area contributed by atoms with Crippen molar-refractivity contribution in [1.29, 1.82) is 0 Å². The van der Waals surface area contributed by atoms with Crippen molar-refractivity contribution in [3.8, 4) is 0 Å². The predicted molar refractivity (Wildman–Crippen MR) is 26.8 cm³/mol. The van der Waals surface area contributed by atoms with Crippen LogP contribution in [0.25, 0.3) is 0 Å². The van der Waals surface area contributed by atoms with Crippen LogP contribution in [0.5, 0.6) is 0 Å². The summed E-state index contributed by atoms with van der Waals surface area (Å²) < 4.78 is 0. The number of hydrogen-bond acceptors (Lipinski definition) is 2. The molecular formula is C3H7BN2. The van der Waals surface area contributed by atoms with E-state index in [1.165, 1.54) is 0 Å². The van der Waals surface area contributed by atoms with Crippen LogP contribution in [-0.2, 0) is 0 Å². The minimum absolute atomic E-state index is 1.54. The Morgan fingerprint density at radius 1 is 2.00 bits per heavy atom. The van der Waals surface area contributed by atoms with Crippen LogP contribution in [0.3, 0.4) is 0 Å². The first kappa shape index (κ1) is 5.56. The molecule has 3 heteroatoms. The molecule has 2 radical (unpaired) electrons. The maximum atomic E-state index is 4.89. The number of nitrogens with zero attached hydrogens (tertiary/aromatic N) is 1. The predicted octanol–water partition coefficient (Wildman–Crippen LogP) is -0.350. The van der Waals surface area contributed by atoms with Gasteiger partial charge in [-0.1, -0.05) is 6.58 Å². The number of nitrogens with one attached hydrogen (secondary N) is 1. The summed E-state index contributed by atoms with van der Waals surface area (Å²) in [6.07, 6.45) is 1.57. The van der Waals surface area contributed by atoms with Crippen molar-refractivity contribution in [3.63, 3.8) is 0 Å². The fraction of sp³-hybridized carbons (Fsp3) is 0.333. The highest BCUT2D eigenvalue weighted by molar-refractivity contribution is 6.03. The number of hydrogen-bond donors (Lipinski definition) is 1. The van der Waals surface area contributed by atoms with Crippen molar-refractivity contribution in [2.75, 3.05) is 7.05 Å². The molecule has 0 spiro atoms. The van der Waals surface area contributed by atoms with Crippen LogP contribution in [-0.4, -0.2) is 20.0 Å². The standard InChI is InChI=1S/C3H7BN2/c1-3-6(2)5-4/h3,5H,1H2,2H3. The molecule has 0 unspecified atom stereocenters. The molecule has 0 rings (SSSR count). The summed E-state index contributed by atoms with van der Waals surface area (Å²) >= 11 is 0. The largest absolute Gasteiger partial charge is 0.331 e. The lowest BCUT2D eigenvalue weighted by Gasteiger charge is -2.08. The molecule has 0 amide bonds. The van der Waals surface area contributed by atoms with Crippen LogP contribution < -0.4 is 5.34 Å². The molecule has 0 fully saturated rings. The minimum atomic E-state index is 1.54. The molecule has 0 aliphatic carbocycles. The van der Waals surface area contributed by atoms with Crippen molar-refractivity contribution in [2.45, 2.75) is 0 Å². The van der Waals surface area contributed by atoms with Gasteiger partial charge in [-0.2, -0.15) is 0 Å². The molecule has 32 valence electrons. The van der Waals surface area contributed by atoms with Crippen molar-refractivity contribution >= 4 is 7.98 Å². The fourth-order valence-electron chi connectivity index (χ4n) is 0.0527. The second kappa shape index (κ2) is 2.78. The summed E-state index contributed by atoms with van der Waals surface area (Å²) in [4.78, 5) is 0. The summed E-state index contributed by atoms with van der Waals surface area (Å²) in [5.41, 5.74) is 0. The quantitative estimate of drug-likeness (QED) is 0.361. The Labute approximate surface area is 39.2 Å². The molecule has 0 aliphatic rings. The molecule has 1 N–H and O–H groups in total. The summed E-state index contributed by atoms with van der Waals surface area (Å²) in [5, 5.41) is 3.87. The van der Waals surface area contributed by atoms with Crippen molar-refractivity contribution < 1.29 is 0 Å². The SMILES string of the molecule is [B]NN(C)C=C. The smallest absolute Gasteiger partial charge is 0.209 e. The third kappa shape index (κ3) is 1.85. The average molecular weight is 81.9 g/mol. The molecule has 0 aromatic rings. The van der Waals surface area contributed by atoms with E-state index in [4.69, 9.17) is 7.98 Å². The Morgan fingerprint density at radius 2 is 2.50 bits per heavy atom. The van der Waals surface area contributed by atoms with Gasteiger partial charge in [0.25, 0.3) is 0 Å². The van der Waals surface area contributed by atoms with Gasteiger partial charge in [-0.25, -0.2) is 0 Å². The van der Waals surface area contributed by atoms with Gasteiger partial charge in [0.2, 0.25) is 7.98 Å². The van der Waals surface area contributed by atoms with Crippen LogP contribution in [0.2, 0.25) is 0 Å². The van der Waals surface area contributed by atoms with E-state index in [1.807, 2.05) is 0 Å². The maximum absolute atomic E-state index is 4.89. The molecule has 2 nitrogen and oxygen atoms in total. The molecule has 0 saturated heterocycles. The minimum Gasteiger partial charge on any atom is -0.331 e. The molecule has 0 heterocycles. The maximum Gasteiger partial charge on any atom is 0.209 e. The Morgan fingerprint density at radius 3 is 2.50 bits per heavy atom. The molecule has 0 atom stereocenters. The third-order valence-electron chi connectivity index (χ3n) is 0.477. The van der Waals surface area contributed by atoms with Crippen LogP contribution >= 0.6 is 0 Å². The van der Waals surface area contributed by atoms with Gasteiger partial charge >= 0.3 is 0 Å². The summed E-state index contributed by atoms with van der Waals surface area (Å²) in [7, 11) is 6.64. The zero-order valence-corrected chi connectivity index (χ0v) is 3.81. The van der Waals surface area contributed by atoms with E-state index < -0.39 is 0 Å². The van der Waals surface area contributed by atoms with Crippen LogP contribution in [0.1, 0.15) is 0 Å². The molecule has 0 saturated carbocycles. The Kier molecular flexibility index (Phi) is 2.58. The van der Waals surface area contributed by atoms with Gasteiger partial charge in [0.15, 0.2) is 0 Å². The summed E-state index contributed by atoms with van der Waals surface area (Å²) in [6.45, 7) is 3.41. The molecule has 0 aliphatic heterocycles. The Hall–Kier alpha value is -0.435. The van der Waals surface area contributed by atoms with E-state index in [1.54, 1.807) is 18.3 Å². The van der Waals surface area contributed by atoms with Crippen molar-refractivity contribution in [3.05, 3.63) is 12.8 Å². The van der Waals surface area contributed by atoms with Crippen molar-refractivity contribution in [2.24, 2.45) is 0 Å². The summed E-state index contributed by atoms with van der Waals surface area (Å²) in [5.74, 6) is 0. The zero-order valence-electron chi connectivity index (χ0n) is 3.81. The lowest BCUT2D eigenvalue weighted by Crippen LogP contribution is -2.25. The highest BCUT2D eigenvalue weighted by Gasteiger charge is 1.71. The summed E-state index contributed by atoms with van der Waals surface area (Å²) in [6, 6.07) is 0. The Bertz CT molecular complexity index is 46.1. The van der Waals surface area contributed by atoms with Crippen LogP contribution in [0.4, 0.5) is 0 Å². The van der Waals surface area contributed by atoms with Gasteiger partial charge in [0.1, 0.15) is 0 Å². The van der Waals surface area contributed by atoms with E-state index in [0.29, 0.717) is 0 Å². The number of rotatable bonds is 2. The fourth-order valence-corrected chi connectivity index (χ4v) is 0.0527. The second-order valence-corrected chi connectivity index (χ2v) is 0.923. The molecule has 6 heavy (non-hydrogen) atoms. The van der Waals surface area contributed by atoms with Gasteiger partial charge in [-0.05, 0) is 0 Å². The first-order valence-corrected chi connectivity index (χ1v) is 1.63. The van der Waals surface area contributed by atoms with Crippen LogP contribution in [0.15, 0.2) is 12.8 Å². The monoisotopic (exact) mass is 82.1 g/mol. The third-order valence-corrected chi connectivity index (χ3v) is 0.477. The van der Waals surface area contributed by atoms with E-state index in [0.717, 1.165) is 0 Å². The van der Waals surface area contributed by atoms with Gasteiger partial charge < -0.3 is 5.01 Å². The van der Waals surface area contributed by atoms with Gasteiger partial charge in [-0.15, -0.1) is 0 Å². The van der Waals surface area contributed by atoms with E-state index in [9.17, 15) is 0 Å². The van der Waals surface area contributed by atoms with Gasteiger partial charge in [0.05, 0.1) is 0 Å². The first-order valence-electron chi connectivity index (χ1n) is 1.63. The molecule has 0 aromatic carbocycles. The van der Waals surface area contributed by atoms with E-state index >= 15 is 0 Å². The normalized spacial score (nSPS) is 7.50. The Balaban J connectivity index is 2.96. The highest BCUT2D eigenvalue weighted by atomic mass is 15.4. The number of hydrazine groups is 1. The van der Waals surface area contributed by atoms with Gasteiger partial charge in [-0.3, -0.25) is 5.34 Å².